The van der Waals surface area contributed by atoms with E-state index < -0.39 is 10.0 Å². The fourth-order valence-corrected chi connectivity index (χ4v) is 4.55. The minimum absolute atomic E-state index is 0.0740. The second-order valence-corrected chi connectivity index (χ2v) is 6.94. The van der Waals surface area contributed by atoms with Crippen LogP contribution in [0.2, 0.25) is 0 Å². The number of aromatic nitrogens is 3. The minimum Gasteiger partial charge on any atom is -0.396 e. The van der Waals surface area contributed by atoms with E-state index in [1.54, 1.807) is 7.05 Å². The lowest BCUT2D eigenvalue weighted by Gasteiger charge is -2.29. The predicted molar refractivity (Wildman–Crippen MR) is 67.3 cm³/mol. The SMILES string of the molecule is Cn1nnc(Br)c1S(=O)(=O)N1CCC(CO)CC1. The first-order valence-corrected chi connectivity index (χ1v) is 7.86. The normalized spacial score (nSPS) is 19.3. The lowest BCUT2D eigenvalue weighted by atomic mass is 10.00. The predicted octanol–water partition coefficient (Wildman–Crippen LogP) is -0.0294. The highest BCUT2D eigenvalue weighted by Crippen LogP contribution is 2.26. The van der Waals surface area contributed by atoms with Crippen molar-refractivity contribution in [2.24, 2.45) is 13.0 Å². The first-order valence-electron chi connectivity index (χ1n) is 5.63. The van der Waals surface area contributed by atoms with E-state index in [-0.39, 0.29) is 22.2 Å². The van der Waals surface area contributed by atoms with Crippen LogP contribution in [0.15, 0.2) is 9.63 Å². The Bertz CT molecular complexity index is 502. The summed E-state index contributed by atoms with van der Waals surface area (Å²) in [5, 5.41) is 16.5. The van der Waals surface area contributed by atoms with Crippen molar-refractivity contribution in [1.29, 1.82) is 0 Å². The molecule has 0 saturated carbocycles. The van der Waals surface area contributed by atoms with Crippen LogP contribution in [0.25, 0.3) is 0 Å². The first kappa shape index (κ1) is 13.9. The zero-order valence-corrected chi connectivity index (χ0v) is 12.4. The van der Waals surface area contributed by atoms with Crippen molar-refractivity contribution in [2.75, 3.05) is 19.7 Å². The maximum Gasteiger partial charge on any atom is 0.263 e. The molecule has 1 saturated heterocycles. The second-order valence-electron chi connectivity index (χ2n) is 4.34. The summed E-state index contributed by atoms with van der Waals surface area (Å²) < 4.78 is 27.7. The van der Waals surface area contributed by atoms with Crippen molar-refractivity contribution in [2.45, 2.75) is 17.9 Å². The van der Waals surface area contributed by atoms with Gasteiger partial charge in [0.1, 0.15) is 0 Å². The molecule has 0 bridgehead atoms. The quantitative estimate of drug-likeness (QED) is 0.836. The lowest BCUT2D eigenvalue weighted by molar-refractivity contribution is 0.170. The van der Waals surface area contributed by atoms with Gasteiger partial charge >= 0.3 is 0 Å². The van der Waals surface area contributed by atoms with Crippen LogP contribution < -0.4 is 0 Å². The van der Waals surface area contributed by atoms with Gasteiger partial charge in [0.15, 0.2) is 4.60 Å². The second kappa shape index (κ2) is 5.24. The van der Waals surface area contributed by atoms with Crippen molar-refractivity contribution >= 4 is 26.0 Å². The Morgan fingerprint density at radius 3 is 2.50 bits per heavy atom. The fraction of sp³-hybridized carbons (Fsp3) is 0.778. The van der Waals surface area contributed by atoms with Gasteiger partial charge in [-0.3, -0.25) is 0 Å². The number of hydrogen-bond acceptors (Lipinski definition) is 5. The smallest absolute Gasteiger partial charge is 0.263 e. The van der Waals surface area contributed by atoms with Crippen LogP contribution in [0.5, 0.6) is 0 Å². The standard InChI is InChI=1S/C9H15BrN4O3S/c1-13-9(8(10)11-12-13)18(16,17)14-4-2-7(6-15)3-5-14/h7,15H,2-6H2,1H3. The van der Waals surface area contributed by atoms with Crippen molar-refractivity contribution in [3.05, 3.63) is 4.60 Å². The fourth-order valence-electron chi connectivity index (χ4n) is 2.05. The zero-order chi connectivity index (χ0) is 13.3. The molecule has 1 aliphatic heterocycles. The van der Waals surface area contributed by atoms with E-state index in [9.17, 15) is 8.42 Å². The highest BCUT2D eigenvalue weighted by molar-refractivity contribution is 9.10. The van der Waals surface area contributed by atoms with Crippen molar-refractivity contribution < 1.29 is 13.5 Å². The first-order chi connectivity index (χ1) is 8.46. The molecule has 0 unspecified atom stereocenters. The highest BCUT2D eigenvalue weighted by Gasteiger charge is 2.33. The third-order valence-corrected chi connectivity index (χ3v) is 5.94. The number of sulfonamides is 1. The van der Waals surface area contributed by atoms with E-state index >= 15 is 0 Å². The third kappa shape index (κ3) is 2.44. The summed E-state index contributed by atoms with van der Waals surface area (Å²) >= 11 is 3.10. The van der Waals surface area contributed by atoms with Crippen LogP contribution in [0.1, 0.15) is 12.8 Å². The number of halogens is 1. The summed E-state index contributed by atoms with van der Waals surface area (Å²) in [7, 11) is -2.02. The molecule has 0 aliphatic carbocycles. The van der Waals surface area contributed by atoms with Crippen molar-refractivity contribution in [3.63, 3.8) is 0 Å². The Hall–Kier alpha value is -0.510. The summed E-state index contributed by atoms with van der Waals surface area (Å²) in [6.45, 7) is 0.960. The molecule has 18 heavy (non-hydrogen) atoms. The van der Waals surface area contributed by atoms with E-state index in [4.69, 9.17) is 5.11 Å². The summed E-state index contributed by atoms with van der Waals surface area (Å²) in [4.78, 5) is 0. The van der Waals surface area contributed by atoms with Gasteiger partial charge in [-0.15, -0.1) is 5.10 Å². The molecule has 2 rings (SSSR count). The Balaban J connectivity index is 2.23. The zero-order valence-electron chi connectivity index (χ0n) is 9.95. The van der Waals surface area contributed by atoms with Crippen molar-refractivity contribution in [1.82, 2.24) is 19.3 Å². The minimum atomic E-state index is -3.57. The maximum atomic E-state index is 12.4. The summed E-state index contributed by atoms with van der Waals surface area (Å²) in [5.41, 5.74) is 0. The van der Waals surface area contributed by atoms with Gasteiger partial charge < -0.3 is 5.11 Å². The molecule has 1 fully saturated rings. The molecule has 0 atom stereocenters. The van der Waals surface area contributed by atoms with Crippen LogP contribution in [-0.2, 0) is 17.1 Å². The van der Waals surface area contributed by atoms with E-state index in [1.165, 1.54) is 8.99 Å². The van der Waals surface area contributed by atoms with Gasteiger partial charge in [0.2, 0.25) is 5.03 Å². The average molecular weight is 339 g/mol. The molecule has 1 N–H and O–H groups in total. The van der Waals surface area contributed by atoms with Crippen LogP contribution in [0, 0.1) is 5.92 Å². The summed E-state index contributed by atoms with van der Waals surface area (Å²) in [5.74, 6) is 0.199. The number of piperidine rings is 1. The van der Waals surface area contributed by atoms with Gasteiger partial charge in [-0.2, -0.15) is 4.31 Å². The molecular weight excluding hydrogens is 324 g/mol. The molecule has 1 aromatic rings. The van der Waals surface area contributed by atoms with Crippen LogP contribution in [-0.4, -0.2) is 52.5 Å². The van der Waals surface area contributed by atoms with Gasteiger partial charge in [0.05, 0.1) is 0 Å². The molecule has 1 aromatic heterocycles. The topological polar surface area (TPSA) is 88.3 Å². The number of rotatable bonds is 3. The number of hydrogen-bond donors (Lipinski definition) is 1. The molecule has 1 aliphatic rings. The van der Waals surface area contributed by atoms with Crippen LogP contribution in [0.4, 0.5) is 0 Å². The molecule has 0 aromatic carbocycles. The number of nitrogens with zero attached hydrogens (tertiary/aromatic N) is 4. The maximum absolute atomic E-state index is 12.4. The van der Waals surface area contributed by atoms with Gasteiger partial charge in [0, 0.05) is 26.7 Å². The monoisotopic (exact) mass is 338 g/mol. The van der Waals surface area contributed by atoms with E-state index in [0.29, 0.717) is 25.9 Å². The molecule has 7 nitrogen and oxygen atoms in total. The van der Waals surface area contributed by atoms with Gasteiger partial charge in [-0.1, -0.05) is 5.21 Å². The molecule has 9 heteroatoms. The van der Waals surface area contributed by atoms with Gasteiger partial charge in [-0.05, 0) is 34.7 Å². The van der Waals surface area contributed by atoms with E-state index in [1.807, 2.05) is 0 Å². The molecule has 0 amide bonds. The Morgan fingerprint density at radius 1 is 1.44 bits per heavy atom. The van der Waals surface area contributed by atoms with Crippen LogP contribution >= 0.6 is 15.9 Å². The van der Waals surface area contributed by atoms with Crippen molar-refractivity contribution in [3.8, 4) is 0 Å². The molecule has 0 radical (unpaired) electrons. The molecule has 2 heterocycles. The lowest BCUT2D eigenvalue weighted by Crippen LogP contribution is -2.40. The molecule has 102 valence electrons. The van der Waals surface area contributed by atoms with E-state index in [0.717, 1.165) is 0 Å². The largest absolute Gasteiger partial charge is 0.396 e. The summed E-state index contributed by atoms with van der Waals surface area (Å²) in [6.07, 6.45) is 1.36. The van der Waals surface area contributed by atoms with E-state index in [2.05, 4.69) is 26.2 Å². The number of aliphatic hydroxyl groups excluding tert-OH is 1. The Kier molecular flexibility index (Phi) is 4.05. The molecule has 0 spiro atoms. The molecular formula is C9H15BrN4O3S. The van der Waals surface area contributed by atoms with Gasteiger partial charge in [0.25, 0.3) is 10.0 Å². The average Bonchev–Trinajstić information content (AvgIpc) is 2.69. The summed E-state index contributed by atoms with van der Waals surface area (Å²) in [6, 6.07) is 0. The highest BCUT2D eigenvalue weighted by atomic mass is 79.9. The Labute approximate surface area is 114 Å². The third-order valence-electron chi connectivity index (χ3n) is 3.15. The van der Waals surface area contributed by atoms with Crippen LogP contribution in [0.3, 0.4) is 0 Å². The Morgan fingerprint density at radius 2 is 2.06 bits per heavy atom. The number of aliphatic hydroxyl groups is 1. The van der Waals surface area contributed by atoms with Gasteiger partial charge in [-0.25, -0.2) is 13.1 Å². The number of aryl methyl sites for hydroxylation is 1.